The first-order valence-electron chi connectivity index (χ1n) is 9.47. The second kappa shape index (κ2) is 8.71. The molecule has 0 atom stereocenters. The van der Waals surface area contributed by atoms with Crippen LogP contribution < -0.4 is 14.8 Å². The standard InChI is InChI=1S/C21H19FN6O3S/c1-11-19(32-21(23-11)13-5-8-17(30-3)18(9-13)31-4)20(29)24-14-6-7-15(22)16(10-14)28-12(2)25-26-27-28/h5-10H,1-4H3,(H,24,29). The number of hydrogen-bond acceptors (Lipinski definition) is 8. The molecule has 0 spiro atoms. The lowest BCUT2D eigenvalue weighted by Gasteiger charge is -2.08. The van der Waals surface area contributed by atoms with Gasteiger partial charge in [0.25, 0.3) is 5.91 Å². The molecule has 4 rings (SSSR count). The summed E-state index contributed by atoms with van der Waals surface area (Å²) in [4.78, 5) is 17.9. The average Bonchev–Trinajstić information content (AvgIpc) is 3.40. The third-order valence-electron chi connectivity index (χ3n) is 4.69. The molecule has 164 valence electrons. The van der Waals surface area contributed by atoms with Crippen molar-refractivity contribution in [3.8, 4) is 27.8 Å². The third-order valence-corrected chi connectivity index (χ3v) is 5.90. The summed E-state index contributed by atoms with van der Waals surface area (Å²) < 4.78 is 26.2. The maximum absolute atomic E-state index is 14.3. The summed E-state index contributed by atoms with van der Waals surface area (Å²) in [5.41, 5.74) is 1.92. The zero-order valence-corrected chi connectivity index (χ0v) is 18.5. The lowest BCUT2D eigenvalue weighted by molar-refractivity contribution is 0.103. The lowest BCUT2D eigenvalue weighted by Crippen LogP contribution is -2.12. The number of methoxy groups -OCH3 is 2. The number of rotatable bonds is 6. The van der Waals surface area contributed by atoms with Crippen molar-refractivity contribution < 1.29 is 18.7 Å². The minimum atomic E-state index is -0.511. The summed E-state index contributed by atoms with van der Waals surface area (Å²) in [5, 5.41) is 14.5. The number of aromatic nitrogens is 5. The maximum Gasteiger partial charge on any atom is 0.267 e. The molecule has 1 amide bonds. The quantitative estimate of drug-likeness (QED) is 0.472. The molecule has 0 unspecified atom stereocenters. The molecule has 0 bridgehead atoms. The van der Waals surface area contributed by atoms with Crippen molar-refractivity contribution in [3.05, 3.63) is 58.6 Å². The normalized spacial score (nSPS) is 10.8. The number of carbonyl (C=O) groups is 1. The van der Waals surface area contributed by atoms with E-state index in [0.29, 0.717) is 38.6 Å². The minimum absolute atomic E-state index is 0.136. The van der Waals surface area contributed by atoms with E-state index < -0.39 is 5.82 Å². The van der Waals surface area contributed by atoms with Crippen molar-refractivity contribution in [1.29, 1.82) is 0 Å². The predicted octanol–water partition coefficient (Wildman–Crippen LogP) is 3.81. The van der Waals surface area contributed by atoms with Crippen LogP contribution >= 0.6 is 11.3 Å². The summed E-state index contributed by atoms with van der Waals surface area (Å²) in [6.07, 6.45) is 0. The molecule has 4 aromatic rings. The topological polar surface area (TPSA) is 104 Å². The molecule has 0 radical (unpaired) electrons. The Hall–Kier alpha value is -3.86. The number of nitrogens with one attached hydrogen (secondary N) is 1. The number of tetrazole rings is 1. The van der Waals surface area contributed by atoms with Gasteiger partial charge in [0.05, 0.1) is 19.9 Å². The summed E-state index contributed by atoms with van der Waals surface area (Å²) in [6.45, 7) is 3.41. The van der Waals surface area contributed by atoms with Crippen LogP contribution in [0.25, 0.3) is 16.3 Å². The van der Waals surface area contributed by atoms with E-state index in [2.05, 4.69) is 25.8 Å². The molecule has 11 heteroatoms. The number of nitrogens with zero attached hydrogens (tertiary/aromatic N) is 5. The van der Waals surface area contributed by atoms with Gasteiger partial charge in [-0.3, -0.25) is 4.79 Å². The summed E-state index contributed by atoms with van der Waals surface area (Å²) in [6, 6.07) is 9.64. The zero-order valence-electron chi connectivity index (χ0n) is 17.7. The minimum Gasteiger partial charge on any atom is -0.493 e. The van der Waals surface area contributed by atoms with Gasteiger partial charge in [0.2, 0.25) is 0 Å². The number of aryl methyl sites for hydroxylation is 2. The van der Waals surface area contributed by atoms with Crippen molar-refractivity contribution in [1.82, 2.24) is 25.2 Å². The van der Waals surface area contributed by atoms with Crippen molar-refractivity contribution in [3.63, 3.8) is 0 Å². The second-order valence-corrected chi connectivity index (χ2v) is 7.76. The number of benzene rings is 2. The van der Waals surface area contributed by atoms with Gasteiger partial charge >= 0.3 is 0 Å². The fourth-order valence-electron chi connectivity index (χ4n) is 3.09. The number of hydrogen-bond donors (Lipinski definition) is 1. The van der Waals surface area contributed by atoms with Crippen LogP contribution in [0.3, 0.4) is 0 Å². The molecule has 9 nitrogen and oxygen atoms in total. The van der Waals surface area contributed by atoms with E-state index in [1.165, 1.54) is 34.2 Å². The molecule has 0 saturated heterocycles. The molecule has 2 heterocycles. The van der Waals surface area contributed by atoms with E-state index in [-0.39, 0.29) is 11.6 Å². The Labute approximate surface area is 186 Å². The van der Waals surface area contributed by atoms with Crippen LogP contribution in [0.5, 0.6) is 11.5 Å². The van der Waals surface area contributed by atoms with Crippen molar-refractivity contribution in [2.24, 2.45) is 0 Å². The van der Waals surface area contributed by atoms with Gasteiger partial charge in [-0.25, -0.2) is 9.37 Å². The van der Waals surface area contributed by atoms with E-state index in [1.807, 2.05) is 6.07 Å². The van der Waals surface area contributed by atoms with E-state index >= 15 is 0 Å². The smallest absolute Gasteiger partial charge is 0.267 e. The molecule has 0 aliphatic heterocycles. The van der Waals surface area contributed by atoms with E-state index in [9.17, 15) is 9.18 Å². The zero-order chi connectivity index (χ0) is 22.8. The first-order valence-corrected chi connectivity index (χ1v) is 10.3. The van der Waals surface area contributed by atoms with Gasteiger partial charge in [-0.05, 0) is 60.7 Å². The Balaban J connectivity index is 1.60. The first-order chi connectivity index (χ1) is 15.4. The van der Waals surface area contributed by atoms with Crippen LogP contribution in [0.4, 0.5) is 10.1 Å². The molecular formula is C21H19FN6O3S. The average molecular weight is 454 g/mol. The predicted molar refractivity (Wildman–Crippen MR) is 117 cm³/mol. The number of amides is 1. The van der Waals surface area contributed by atoms with E-state index in [1.54, 1.807) is 40.2 Å². The monoisotopic (exact) mass is 454 g/mol. The Morgan fingerprint density at radius 3 is 2.56 bits per heavy atom. The molecule has 32 heavy (non-hydrogen) atoms. The maximum atomic E-state index is 14.3. The highest BCUT2D eigenvalue weighted by Gasteiger charge is 2.19. The Morgan fingerprint density at radius 2 is 1.88 bits per heavy atom. The number of anilines is 1. The Morgan fingerprint density at radius 1 is 1.09 bits per heavy atom. The molecular weight excluding hydrogens is 435 g/mol. The fraction of sp³-hybridized carbons (Fsp3) is 0.190. The van der Waals surface area contributed by atoms with Crippen LogP contribution in [0.15, 0.2) is 36.4 Å². The molecule has 0 fully saturated rings. The van der Waals surface area contributed by atoms with Gasteiger partial charge < -0.3 is 14.8 Å². The Bertz CT molecular complexity index is 1300. The number of thiazole rings is 1. The number of carbonyl (C=O) groups excluding carboxylic acids is 1. The largest absolute Gasteiger partial charge is 0.493 e. The van der Waals surface area contributed by atoms with Crippen LogP contribution in [0, 0.1) is 19.7 Å². The molecule has 2 aromatic heterocycles. The summed E-state index contributed by atoms with van der Waals surface area (Å²) >= 11 is 1.25. The van der Waals surface area contributed by atoms with Gasteiger partial charge in [0.1, 0.15) is 21.4 Å². The van der Waals surface area contributed by atoms with Crippen molar-refractivity contribution in [2.75, 3.05) is 19.5 Å². The first kappa shape index (κ1) is 21.4. The van der Waals surface area contributed by atoms with Crippen LogP contribution in [-0.4, -0.2) is 45.3 Å². The third kappa shape index (κ3) is 4.02. The van der Waals surface area contributed by atoms with Crippen molar-refractivity contribution >= 4 is 22.9 Å². The van der Waals surface area contributed by atoms with Gasteiger partial charge in [-0.15, -0.1) is 16.4 Å². The number of ether oxygens (including phenoxy) is 2. The summed E-state index contributed by atoms with van der Waals surface area (Å²) in [5.74, 6) is 0.735. The molecule has 2 aromatic carbocycles. The molecule has 0 aliphatic rings. The van der Waals surface area contributed by atoms with Gasteiger partial charge in [0, 0.05) is 11.3 Å². The van der Waals surface area contributed by atoms with Crippen LogP contribution in [0.2, 0.25) is 0 Å². The highest BCUT2D eigenvalue weighted by atomic mass is 32.1. The Kier molecular flexibility index (Phi) is 5.82. The summed E-state index contributed by atoms with van der Waals surface area (Å²) in [7, 11) is 3.12. The highest BCUT2D eigenvalue weighted by Crippen LogP contribution is 2.35. The molecule has 0 saturated carbocycles. The van der Waals surface area contributed by atoms with Gasteiger partial charge in [-0.1, -0.05) is 0 Å². The van der Waals surface area contributed by atoms with Crippen molar-refractivity contribution in [2.45, 2.75) is 13.8 Å². The lowest BCUT2D eigenvalue weighted by atomic mass is 10.2. The molecule has 1 N–H and O–H groups in total. The van der Waals surface area contributed by atoms with E-state index in [4.69, 9.17) is 9.47 Å². The van der Waals surface area contributed by atoms with Crippen LogP contribution in [-0.2, 0) is 0 Å². The van der Waals surface area contributed by atoms with Gasteiger partial charge in [0.15, 0.2) is 17.3 Å². The number of halogens is 1. The van der Waals surface area contributed by atoms with Gasteiger partial charge in [-0.2, -0.15) is 4.68 Å². The van der Waals surface area contributed by atoms with Crippen LogP contribution in [0.1, 0.15) is 21.2 Å². The second-order valence-electron chi connectivity index (χ2n) is 6.76. The van der Waals surface area contributed by atoms with E-state index in [0.717, 1.165) is 5.56 Å². The SMILES string of the molecule is COc1ccc(-c2nc(C)c(C(=O)Nc3ccc(F)c(-n4nnnc4C)c3)s2)cc1OC. The fourth-order valence-corrected chi connectivity index (χ4v) is 4.05. The highest BCUT2D eigenvalue weighted by molar-refractivity contribution is 7.17. The molecule has 0 aliphatic carbocycles.